The minimum atomic E-state index is -1.04. The van der Waals surface area contributed by atoms with E-state index >= 15 is 0 Å². The van der Waals surface area contributed by atoms with Gasteiger partial charge in [-0.05, 0) is 12.8 Å². The van der Waals surface area contributed by atoms with E-state index in [1.807, 2.05) is 6.92 Å². The molecule has 0 aromatic carbocycles. The second-order valence-electron chi connectivity index (χ2n) is 3.85. The highest BCUT2D eigenvalue weighted by molar-refractivity contribution is 5.92. The smallest absolute Gasteiger partial charge is 0.326 e. The lowest BCUT2D eigenvalue weighted by molar-refractivity contribution is -0.142. The summed E-state index contributed by atoms with van der Waals surface area (Å²) in [7, 11) is 0. The summed E-state index contributed by atoms with van der Waals surface area (Å²) in [6.45, 7) is 1.85. The van der Waals surface area contributed by atoms with Crippen LogP contribution in [0.4, 0.5) is 0 Å². The molecule has 1 heterocycles. The first-order chi connectivity index (χ1) is 7.54. The third kappa shape index (κ3) is 3.22. The lowest BCUT2D eigenvalue weighted by Crippen LogP contribution is -2.48. The van der Waals surface area contributed by atoms with Gasteiger partial charge in [-0.25, -0.2) is 4.79 Å². The molecule has 0 bridgehead atoms. The van der Waals surface area contributed by atoms with E-state index in [-0.39, 0.29) is 5.91 Å². The summed E-state index contributed by atoms with van der Waals surface area (Å²) in [4.78, 5) is 33.3. The first-order valence-corrected chi connectivity index (χ1v) is 5.37. The number of carbonyl (C=O) groups excluding carboxylic acids is 2. The fourth-order valence-electron chi connectivity index (χ4n) is 1.63. The first kappa shape index (κ1) is 12.5. The van der Waals surface area contributed by atoms with Crippen molar-refractivity contribution in [3.63, 3.8) is 0 Å². The maximum atomic E-state index is 11.6. The number of carboxylic acids is 1. The van der Waals surface area contributed by atoms with Gasteiger partial charge in [0.15, 0.2) is 0 Å². The van der Waals surface area contributed by atoms with Gasteiger partial charge in [0.25, 0.3) is 0 Å². The second-order valence-corrected chi connectivity index (χ2v) is 3.85. The van der Waals surface area contributed by atoms with Crippen molar-refractivity contribution in [3.05, 3.63) is 0 Å². The van der Waals surface area contributed by atoms with Crippen LogP contribution in [-0.4, -0.2) is 35.0 Å². The molecule has 2 amide bonds. The van der Waals surface area contributed by atoms with Gasteiger partial charge in [0.2, 0.25) is 11.8 Å². The molecule has 1 aliphatic rings. The van der Waals surface area contributed by atoms with Gasteiger partial charge in [0, 0.05) is 6.42 Å². The standard InChI is InChI=1S/C10H16N2O4/c1-2-3-7(10(15)16)12-9(14)6-4-5-8(13)11-6/h6-7H,2-5H2,1H3,(H,11,13)(H,12,14)(H,15,16)/t6?,7-/m1/s1. The van der Waals surface area contributed by atoms with Crippen LogP contribution < -0.4 is 10.6 Å². The van der Waals surface area contributed by atoms with E-state index in [1.54, 1.807) is 0 Å². The van der Waals surface area contributed by atoms with E-state index in [9.17, 15) is 14.4 Å². The zero-order valence-electron chi connectivity index (χ0n) is 9.16. The van der Waals surface area contributed by atoms with Crippen LogP contribution in [0.5, 0.6) is 0 Å². The van der Waals surface area contributed by atoms with Crippen LogP contribution in [0, 0.1) is 0 Å². The molecule has 0 radical (unpaired) electrons. The lowest BCUT2D eigenvalue weighted by atomic mass is 10.1. The Hall–Kier alpha value is -1.59. The van der Waals surface area contributed by atoms with Crippen LogP contribution >= 0.6 is 0 Å². The van der Waals surface area contributed by atoms with Crippen LogP contribution in [0.2, 0.25) is 0 Å². The van der Waals surface area contributed by atoms with Crippen molar-refractivity contribution in [1.82, 2.24) is 10.6 Å². The number of carboxylic acid groups (broad SMARTS) is 1. The molecule has 90 valence electrons. The predicted molar refractivity (Wildman–Crippen MR) is 55.6 cm³/mol. The molecule has 0 aliphatic carbocycles. The van der Waals surface area contributed by atoms with Gasteiger partial charge >= 0.3 is 5.97 Å². The van der Waals surface area contributed by atoms with E-state index in [2.05, 4.69) is 10.6 Å². The molecule has 1 rings (SSSR count). The molecular formula is C10H16N2O4. The van der Waals surface area contributed by atoms with E-state index in [0.717, 1.165) is 0 Å². The maximum absolute atomic E-state index is 11.6. The second kappa shape index (κ2) is 5.48. The maximum Gasteiger partial charge on any atom is 0.326 e. The first-order valence-electron chi connectivity index (χ1n) is 5.37. The molecule has 0 spiro atoms. The van der Waals surface area contributed by atoms with Gasteiger partial charge in [-0.15, -0.1) is 0 Å². The minimum absolute atomic E-state index is 0.164. The molecule has 16 heavy (non-hydrogen) atoms. The Balaban J connectivity index is 2.48. The average Bonchev–Trinajstić information content (AvgIpc) is 2.64. The SMILES string of the molecule is CCC[C@@H](NC(=O)C1CCC(=O)N1)C(=O)O. The van der Waals surface area contributed by atoms with Crippen molar-refractivity contribution >= 4 is 17.8 Å². The number of rotatable bonds is 5. The molecule has 1 fully saturated rings. The highest BCUT2D eigenvalue weighted by Crippen LogP contribution is 2.07. The Kier molecular flexibility index (Phi) is 4.28. The molecule has 3 N–H and O–H groups in total. The summed E-state index contributed by atoms with van der Waals surface area (Å²) in [6.07, 6.45) is 1.82. The Morgan fingerprint density at radius 3 is 2.75 bits per heavy atom. The van der Waals surface area contributed by atoms with E-state index in [1.165, 1.54) is 0 Å². The lowest BCUT2D eigenvalue weighted by Gasteiger charge is -2.16. The molecular weight excluding hydrogens is 212 g/mol. The summed E-state index contributed by atoms with van der Waals surface area (Å²) >= 11 is 0. The third-order valence-electron chi connectivity index (χ3n) is 2.50. The van der Waals surface area contributed by atoms with Gasteiger partial charge in [-0.2, -0.15) is 0 Å². The molecule has 1 unspecified atom stereocenters. The van der Waals surface area contributed by atoms with Crippen molar-refractivity contribution in [2.24, 2.45) is 0 Å². The summed E-state index contributed by atoms with van der Waals surface area (Å²) in [6, 6.07) is -1.44. The number of amides is 2. The quantitative estimate of drug-likeness (QED) is 0.598. The third-order valence-corrected chi connectivity index (χ3v) is 2.50. The molecule has 0 aromatic rings. The molecule has 0 aromatic heterocycles. The monoisotopic (exact) mass is 228 g/mol. The van der Waals surface area contributed by atoms with E-state index in [4.69, 9.17) is 5.11 Å². The van der Waals surface area contributed by atoms with Gasteiger partial charge in [-0.3, -0.25) is 9.59 Å². The molecule has 6 heteroatoms. The number of hydrogen-bond donors (Lipinski definition) is 3. The van der Waals surface area contributed by atoms with Crippen molar-refractivity contribution in [2.45, 2.75) is 44.7 Å². The zero-order chi connectivity index (χ0) is 12.1. The predicted octanol–water partition coefficient (Wildman–Crippen LogP) is -0.365. The molecule has 2 atom stereocenters. The Labute approximate surface area is 93.4 Å². The largest absolute Gasteiger partial charge is 0.480 e. The van der Waals surface area contributed by atoms with Crippen molar-refractivity contribution < 1.29 is 19.5 Å². The Morgan fingerprint density at radius 2 is 2.31 bits per heavy atom. The highest BCUT2D eigenvalue weighted by Gasteiger charge is 2.29. The molecule has 1 aliphatic heterocycles. The topological polar surface area (TPSA) is 95.5 Å². The fraction of sp³-hybridized carbons (Fsp3) is 0.700. The Morgan fingerprint density at radius 1 is 1.62 bits per heavy atom. The summed E-state index contributed by atoms with van der Waals surface area (Å²) in [5, 5.41) is 13.8. The number of carbonyl (C=O) groups is 3. The van der Waals surface area contributed by atoms with Crippen molar-refractivity contribution in [1.29, 1.82) is 0 Å². The van der Waals surface area contributed by atoms with Crippen molar-refractivity contribution in [2.75, 3.05) is 0 Å². The van der Waals surface area contributed by atoms with Crippen LogP contribution in [0.15, 0.2) is 0 Å². The van der Waals surface area contributed by atoms with Crippen molar-refractivity contribution in [3.8, 4) is 0 Å². The van der Waals surface area contributed by atoms with Crippen LogP contribution in [0.25, 0.3) is 0 Å². The van der Waals surface area contributed by atoms with Gasteiger partial charge in [-0.1, -0.05) is 13.3 Å². The summed E-state index contributed by atoms with van der Waals surface area (Å²) in [5.41, 5.74) is 0. The molecule has 0 saturated carbocycles. The number of hydrogen-bond acceptors (Lipinski definition) is 3. The number of nitrogens with one attached hydrogen (secondary N) is 2. The normalized spacial score (nSPS) is 21.3. The molecule has 1 saturated heterocycles. The van der Waals surface area contributed by atoms with Gasteiger partial charge in [0.05, 0.1) is 0 Å². The molecule has 6 nitrogen and oxygen atoms in total. The van der Waals surface area contributed by atoms with Crippen LogP contribution in [0.3, 0.4) is 0 Å². The van der Waals surface area contributed by atoms with Crippen LogP contribution in [-0.2, 0) is 14.4 Å². The fourth-order valence-corrected chi connectivity index (χ4v) is 1.63. The van der Waals surface area contributed by atoms with Gasteiger partial charge < -0.3 is 15.7 Å². The van der Waals surface area contributed by atoms with Crippen LogP contribution in [0.1, 0.15) is 32.6 Å². The number of aliphatic carboxylic acids is 1. The minimum Gasteiger partial charge on any atom is -0.480 e. The summed E-state index contributed by atoms with van der Waals surface area (Å²) < 4.78 is 0. The van der Waals surface area contributed by atoms with Gasteiger partial charge in [0.1, 0.15) is 12.1 Å². The van der Waals surface area contributed by atoms with E-state index in [0.29, 0.717) is 25.7 Å². The van der Waals surface area contributed by atoms with E-state index < -0.39 is 24.0 Å². The highest BCUT2D eigenvalue weighted by atomic mass is 16.4. The average molecular weight is 228 g/mol. The summed E-state index contributed by atoms with van der Waals surface area (Å²) in [5.74, 6) is -1.62. The Bertz CT molecular complexity index is 303. The zero-order valence-corrected chi connectivity index (χ0v) is 9.16.